The Hall–Kier alpha value is -2.99. The van der Waals surface area contributed by atoms with Crippen LogP contribution in [0, 0.1) is 6.92 Å². The molecule has 28 heavy (non-hydrogen) atoms. The number of aromatic amines is 1. The highest BCUT2D eigenvalue weighted by molar-refractivity contribution is 5.78. The van der Waals surface area contributed by atoms with Crippen LogP contribution in [0.1, 0.15) is 35.7 Å². The second kappa shape index (κ2) is 7.20. The number of piperidine rings is 1. The van der Waals surface area contributed by atoms with Gasteiger partial charge >= 0.3 is 0 Å². The van der Waals surface area contributed by atoms with E-state index in [0.29, 0.717) is 17.5 Å². The summed E-state index contributed by atoms with van der Waals surface area (Å²) < 4.78 is 5.36. The number of hydrogen-bond acceptors (Lipinski definition) is 5. The fraction of sp³-hybridized carbons (Fsp3) is 0.318. The predicted octanol–water partition coefficient (Wildman–Crippen LogP) is 4.30. The maximum Gasteiger partial charge on any atom is 0.195 e. The molecular formula is C22H23N5O. The van der Waals surface area contributed by atoms with Crippen molar-refractivity contribution in [3.8, 4) is 11.6 Å². The highest BCUT2D eigenvalue weighted by atomic mass is 16.3. The van der Waals surface area contributed by atoms with Gasteiger partial charge in [-0.25, -0.2) is 15.0 Å². The molecule has 3 aromatic heterocycles. The zero-order chi connectivity index (χ0) is 18.9. The van der Waals surface area contributed by atoms with Gasteiger partial charge in [0.15, 0.2) is 11.6 Å². The summed E-state index contributed by atoms with van der Waals surface area (Å²) in [6.07, 6.45) is 7.79. The van der Waals surface area contributed by atoms with E-state index in [0.717, 1.165) is 42.1 Å². The summed E-state index contributed by atoms with van der Waals surface area (Å²) in [4.78, 5) is 19.8. The van der Waals surface area contributed by atoms with Gasteiger partial charge in [0, 0.05) is 37.0 Å². The number of fused-ring (bicyclic) bond motifs is 1. The first-order valence-electron chi connectivity index (χ1n) is 9.78. The Balaban J connectivity index is 1.29. The molecule has 0 bridgehead atoms. The Morgan fingerprint density at radius 3 is 2.86 bits per heavy atom. The van der Waals surface area contributed by atoms with E-state index in [2.05, 4.69) is 45.0 Å². The summed E-state index contributed by atoms with van der Waals surface area (Å²) in [7, 11) is 0. The molecule has 4 heterocycles. The number of nitrogens with one attached hydrogen (secondary N) is 1. The Kier molecular flexibility index (Phi) is 4.41. The molecule has 6 nitrogen and oxygen atoms in total. The Morgan fingerprint density at radius 1 is 1.18 bits per heavy atom. The van der Waals surface area contributed by atoms with Crippen molar-refractivity contribution in [2.45, 2.75) is 32.2 Å². The number of para-hydroxylation sites is 1. The maximum atomic E-state index is 5.36. The van der Waals surface area contributed by atoms with Gasteiger partial charge in [-0.05, 0) is 50.1 Å². The number of aryl methyl sites for hydroxylation is 1. The molecule has 1 aliphatic rings. The zero-order valence-electron chi connectivity index (χ0n) is 15.9. The van der Waals surface area contributed by atoms with Crippen LogP contribution in [-0.4, -0.2) is 37.9 Å². The van der Waals surface area contributed by atoms with Crippen LogP contribution in [0.25, 0.3) is 22.6 Å². The minimum Gasteiger partial charge on any atom is -0.461 e. The standard InChI is InChI=1S/C22H23N5O/c1-15-5-2-7-18-20(15)26-21(25-18)17-6-3-9-27(14-17)13-16-11-23-22(24-12-16)19-8-4-10-28-19/h2,4-5,7-8,10-12,17H,3,6,9,13-14H2,1H3,(H,25,26)/t17-/m1/s1. The maximum absolute atomic E-state index is 5.36. The molecule has 0 amide bonds. The SMILES string of the molecule is Cc1cccc2[nH]c([C@@H]3CCCN(Cc4cnc(-c5ccco5)nc4)C3)nc12. The molecular weight excluding hydrogens is 350 g/mol. The van der Waals surface area contributed by atoms with Gasteiger partial charge in [0.1, 0.15) is 5.82 Å². The molecule has 4 aromatic rings. The van der Waals surface area contributed by atoms with Gasteiger partial charge < -0.3 is 9.40 Å². The molecule has 0 radical (unpaired) electrons. The highest BCUT2D eigenvalue weighted by Crippen LogP contribution is 2.28. The van der Waals surface area contributed by atoms with Crippen LogP contribution in [0.5, 0.6) is 0 Å². The molecule has 1 atom stereocenters. The smallest absolute Gasteiger partial charge is 0.195 e. The van der Waals surface area contributed by atoms with E-state index < -0.39 is 0 Å². The fourth-order valence-electron chi connectivity index (χ4n) is 4.04. The number of aromatic nitrogens is 4. The lowest BCUT2D eigenvalue weighted by molar-refractivity contribution is 0.197. The highest BCUT2D eigenvalue weighted by Gasteiger charge is 2.24. The molecule has 0 unspecified atom stereocenters. The third-order valence-corrected chi connectivity index (χ3v) is 5.48. The summed E-state index contributed by atoms with van der Waals surface area (Å²) in [6, 6.07) is 10.0. The molecule has 0 aliphatic carbocycles. The number of imidazole rings is 1. The number of rotatable bonds is 4. The minimum atomic E-state index is 0.434. The molecule has 1 aliphatic heterocycles. The van der Waals surface area contributed by atoms with Crippen molar-refractivity contribution in [3.05, 3.63) is 65.9 Å². The van der Waals surface area contributed by atoms with E-state index in [1.807, 2.05) is 24.5 Å². The summed E-state index contributed by atoms with van der Waals surface area (Å²) >= 11 is 0. The predicted molar refractivity (Wildman–Crippen MR) is 108 cm³/mol. The monoisotopic (exact) mass is 373 g/mol. The molecule has 0 saturated carbocycles. The Labute approximate surface area is 163 Å². The van der Waals surface area contributed by atoms with Gasteiger partial charge in [0.2, 0.25) is 0 Å². The average molecular weight is 373 g/mol. The van der Waals surface area contributed by atoms with Gasteiger partial charge in [-0.2, -0.15) is 0 Å². The van der Waals surface area contributed by atoms with E-state index >= 15 is 0 Å². The van der Waals surface area contributed by atoms with Crippen LogP contribution in [0.15, 0.2) is 53.4 Å². The average Bonchev–Trinajstić information content (AvgIpc) is 3.40. The Morgan fingerprint density at radius 2 is 2.07 bits per heavy atom. The van der Waals surface area contributed by atoms with Crippen molar-refractivity contribution in [2.24, 2.45) is 0 Å². The van der Waals surface area contributed by atoms with Crippen molar-refractivity contribution in [2.75, 3.05) is 13.1 Å². The van der Waals surface area contributed by atoms with Crippen LogP contribution in [0.3, 0.4) is 0 Å². The molecule has 0 spiro atoms. The lowest BCUT2D eigenvalue weighted by atomic mass is 9.97. The first-order valence-corrected chi connectivity index (χ1v) is 9.78. The van der Waals surface area contributed by atoms with Crippen LogP contribution in [0.4, 0.5) is 0 Å². The Bertz CT molecular complexity index is 1070. The summed E-state index contributed by atoms with van der Waals surface area (Å²) in [6.45, 7) is 5.06. The third kappa shape index (κ3) is 3.31. The number of hydrogen-bond donors (Lipinski definition) is 1. The summed E-state index contributed by atoms with van der Waals surface area (Å²) in [5.74, 6) is 2.87. The van der Waals surface area contributed by atoms with E-state index in [1.54, 1.807) is 6.26 Å². The largest absolute Gasteiger partial charge is 0.461 e. The van der Waals surface area contributed by atoms with Crippen LogP contribution < -0.4 is 0 Å². The second-order valence-electron chi connectivity index (χ2n) is 7.56. The summed E-state index contributed by atoms with van der Waals surface area (Å²) in [5.41, 5.74) is 4.57. The van der Waals surface area contributed by atoms with Gasteiger partial charge in [-0.15, -0.1) is 0 Å². The molecule has 1 aromatic carbocycles. The van der Waals surface area contributed by atoms with Gasteiger partial charge in [-0.1, -0.05) is 12.1 Å². The summed E-state index contributed by atoms with van der Waals surface area (Å²) in [5, 5.41) is 0. The molecule has 5 rings (SSSR count). The van der Waals surface area contributed by atoms with Gasteiger partial charge in [0.25, 0.3) is 0 Å². The van der Waals surface area contributed by atoms with Crippen molar-refractivity contribution < 1.29 is 4.42 Å². The number of H-pyrrole nitrogens is 1. The molecule has 1 saturated heterocycles. The van der Waals surface area contributed by atoms with E-state index in [1.165, 1.54) is 18.4 Å². The number of furan rings is 1. The van der Waals surface area contributed by atoms with Crippen LogP contribution in [-0.2, 0) is 6.54 Å². The van der Waals surface area contributed by atoms with E-state index in [9.17, 15) is 0 Å². The number of benzene rings is 1. The third-order valence-electron chi connectivity index (χ3n) is 5.48. The lowest BCUT2D eigenvalue weighted by Gasteiger charge is -2.31. The number of nitrogens with zero attached hydrogens (tertiary/aromatic N) is 4. The minimum absolute atomic E-state index is 0.434. The lowest BCUT2D eigenvalue weighted by Crippen LogP contribution is -2.34. The molecule has 1 N–H and O–H groups in total. The molecule has 142 valence electrons. The zero-order valence-corrected chi connectivity index (χ0v) is 15.9. The second-order valence-corrected chi connectivity index (χ2v) is 7.56. The van der Waals surface area contributed by atoms with Gasteiger partial charge in [0.05, 0.1) is 17.3 Å². The molecule has 6 heteroatoms. The van der Waals surface area contributed by atoms with E-state index in [-0.39, 0.29) is 0 Å². The fourth-order valence-corrected chi connectivity index (χ4v) is 4.04. The number of likely N-dealkylation sites (tertiary alicyclic amines) is 1. The van der Waals surface area contributed by atoms with Crippen molar-refractivity contribution in [3.63, 3.8) is 0 Å². The van der Waals surface area contributed by atoms with Crippen LogP contribution >= 0.6 is 0 Å². The topological polar surface area (TPSA) is 70.8 Å². The van der Waals surface area contributed by atoms with Crippen molar-refractivity contribution in [1.29, 1.82) is 0 Å². The van der Waals surface area contributed by atoms with E-state index in [4.69, 9.17) is 9.40 Å². The van der Waals surface area contributed by atoms with Crippen LogP contribution in [0.2, 0.25) is 0 Å². The normalized spacial score (nSPS) is 18.0. The first-order chi connectivity index (χ1) is 13.8. The van der Waals surface area contributed by atoms with Gasteiger partial charge in [-0.3, -0.25) is 4.90 Å². The van der Waals surface area contributed by atoms with Crippen molar-refractivity contribution in [1.82, 2.24) is 24.8 Å². The first kappa shape index (κ1) is 17.1. The molecule has 1 fully saturated rings. The quantitative estimate of drug-likeness (QED) is 0.577. The van der Waals surface area contributed by atoms with Crippen molar-refractivity contribution >= 4 is 11.0 Å².